The number of fused-ring (bicyclic) bond motifs is 1. The molecule has 1 aromatic heterocycles. The normalized spacial score (nSPS) is 15.2. The molecule has 1 saturated heterocycles. The molecule has 3 rings (SSSR count). The summed E-state index contributed by atoms with van der Waals surface area (Å²) in [6.07, 6.45) is 3.45. The highest BCUT2D eigenvalue weighted by atomic mass is 16.5. The van der Waals surface area contributed by atoms with Crippen molar-refractivity contribution in [2.75, 3.05) is 20.2 Å². The number of carbonyl (C=O) groups is 2. The minimum absolute atomic E-state index is 0.0116. The van der Waals surface area contributed by atoms with Crippen LogP contribution in [0.4, 0.5) is 0 Å². The number of benzene rings is 1. The number of phenols is 1. The van der Waals surface area contributed by atoms with Crippen LogP contribution in [-0.2, 0) is 17.8 Å². The average Bonchev–Trinajstić information content (AvgIpc) is 2.95. The standard InChI is InChI=1S/C23H32N2O4/c1-14(2)12-25-15(3)20(23(28)29-5)21-18(13-24-9-7-6-8-10-24)22(27)17(16(4)26)11-19(21)25/h11,14,27H,6-10,12-13H2,1-5H3. The predicted octanol–water partition coefficient (Wildman–Crippen LogP) is 4.29. The lowest BCUT2D eigenvalue weighted by Gasteiger charge is -2.27. The molecule has 0 unspecified atom stereocenters. The van der Waals surface area contributed by atoms with E-state index in [1.165, 1.54) is 20.5 Å². The van der Waals surface area contributed by atoms with Gasteiger partial charge in [0.25, 0.3) is 0 Å². The van der Waals surface area contributed by atoms with Crippen LogP contribution in [0.3, 0.4) is 0 Å². The van der Waals surface area contributed by atoms with Gasteiger partial charge in [0.2, 0.25) is 0 Å². The molecule has 0 spiro atoms. The van der Waals surface area contributed by atoms with Crippen molar-refractivity contribution in [3.8, 4) is 5.75 Å². The molecule has 1 fully saturated rings. The molecule has 1 N–H and O–H groups in total. The van der Waals surface area contributed by atoms with E-state index in [9.17, 15) is 14.7 Å². The van der Waals surface area contributed by atoms with Gasteiger partial charge >= 0.3 is 5.97 Å². The molecule has 2 heterocycles. The molecule has 6 nitrogen and oxygen atoms in total. The first-order chi connectivity index (χ1) is 13.8. The summed E-state index contributed by atoms with van der Waals surface area (Å²) < 4.78 is 7.17. The van der Waals surface area contributed by atoms with Crippen molar-refractivity contribution in [1.82, 2.24) is 9.47 Å². The van der Waals surface area contributed by atoms with E-state index in [-0.39, 0.29) is 11.5 Å². The van der Waals surface area contributed by atoms with Crippen LogP contribution in [0.2, 0.25) is 0 Å². The summed E-state index contributed by atoms with van der Waals surface area (Å²) in [5, 5.41) is 11.8. The molecule has 0 bridgehead atoms. The molecule has 1 aliphatic rings. The molecule has 0 aliphatic carbocycles. The average molecular weight is 401 g/mol. The Bertz CT molecular complexity index is 936. The number of rotatable bonds is 6. The number of likely N-dealkylation sites (tertiary alicyclic amines) is 1. The van der Waals surface area contributed by atoms with Gasteiger partial charge < -0.3 is 14.4 Å². The van der Waals surface area contributed by atoms with Gasteiger partial charge in [0.15, 0.2) is 5.78 Å². The van der Waals surface area contributed by atoms with Gasteiger partial charge in [0.05, 0.1) is 23.8 Å². The number of Topliss-reactive ketones (excluding diaryl/α,β-unsaturated/α-hetero) is 1. The van der Waals surface area contributed by atoms with Crippen LogP contribution in [0, 0.1) is 12.8 Å². The highest BCUT2D eigenvalue weighted by Crippen LogP contribution is 2.38. The van der Waals surface area contributed by atoms with Gasteiger partial charge in [-0.25, -0.2) is 4.79 Å². The third-order valence-corrected chi connectivity index (χ3v) is 5.83. The third-order valence-electron chi connectivity index (χ3n) is 5.83. The summed E-state index contributed by atoms with van der Waals surface area (Å²) in [4.78, 5) is 27.3. The lowest BCUT2D eigenvalue weighted by Crippen LogP contribution is -2.29. The second kappa shape index (κ2) is 8.57. The Balaban J connectivity index is 2.33. The Hall–Kier alpha value is -2.34. The fraction of sp³-hybridized carbons (Fsp3) is 0.565. The molecule has 1 aromatic carbocycles. The Kier molecular flexibility index (Phi) is 6.32. The summed E-state index contributed by atoms with van der Waals surface area (Å²) >= 11 is 0. The molecule has 2 aromatic rings. The number of aromatic hydroxyl groups is 1. The number of ketones is 1. The fourth-order valence-corrected chi connectivity index (χ4v) is 4.42. The van der Waals surface area contributed by atoms with Crippen molar-refractivity contribution in [3.05, 3.63) is 28.5 Å². The monoisotopic (exact) mass is 400 g/mol. The van der Waals surface area contributed by atoms with Crippen LogP contribution in [0.15, 0.2) is 6.07 Å². The second-order valence-corrected chi connectivity index (χ2v) is 8.49. The van der Waals surface area contributed by atoms with E-state index in [0.29, 0.717) is 41.1 Å². The minimum atomic E-state index is -0.412. The minimum Gasteiger partial charge on any atom is -0.507 e. The third kappa shape index (κ3) is 4.04. The second-order valence-electron chi connectivity index (χ2n) is 8.49. The summed E-state index contributed by atoms with van der Waals surface area (Å²) in [6, 6.07) is 1.73. The maximum absolute atomic E-state index is 12.7. The quantitative estimate of drug-likeness (QED) is 0.579. The smallest absolute Gasteiger partial charge is 0.340 e. The van der Waals surface area contributed by atoms with Crippen LogP contribution in [0.5, 0.6) is 5.75 Å². The summed E-state index contributed by atoms with van der Waals surface area (Å²) in [5.41, 5.74) is 3.07. The number of hydrogen-bond acceptors (Lipinski definition) is 5. The van der Waals surface area contributed by atoms with Crippen molar-refractivity contribution in [3.63, 3.8) is 0 Å². The van der Waals surface area contributed by atoms with Crippen molar-refractivity contribution in [1.29, 1.82) is 0 Å². The largest absolute Gasteiger partial charge is 0.507 e. The molecule has 29 heavy (non-hydrogen) atoms. The van der Waals surface area contributed by atoms with Crippen LogP contribution in [0.1, 0.15) is 72.0 Å². The number of piperidine rings is 1. The summed E-state index contributed by atoms with van der Waals surface area (Å²) in [7, 11) is 1.38. The number of esters is 1. The van der Waals surface area contributed by atoms with Crippen LogP contribution >= 0.6 is 0 Å². The van der Waals surface area contributed by atoms with Gasteiger partial charge in [-0.3, -0.25) is 9.69 Å². The molecule has 158 valence electrons. The van der Waals surface area contributed by atoms with Crippen molar-refractivity contribution in [2.45, 2.75) is 60.0 Å². The van der Waals surface area contributed by atoms with E-state index in [4.69, 9.17) is 4.74 Å². The van der Waals surface area contributed by atoms with Gasteiger partial charge in [-0.1, -0.05) is 20.3 Å². The molecule has 0 radical (unpaired) electrons. The zero-order chi connectivity index (χ0) is 21.3. The van der Waals surface area contributed by atoms with Crippen molar-refractivity contribution >= 4 is 22.7 Å². The van der Waals surface area contributed by atoms with Gasteiger partial charge in [0, 0.05) is 29.7 Å². The van der Waals surface area contributed by atoms with E-state index in [1.807, 2.05) is 6.92 Å². The molecule has 0 amide bonds. The highest BCUT2D eigenvalue weighted by Gasteiger charge is 2.28. The van der Waals surface area contributed by atoms with Crippen LogP contribution < -0.4 is 0 Å². The fourth-order valence-electron chi connectivity index (χ4n) is 4.42. The number of hydrogen-bond donors (Lipinski definition) is 1. The van der Waals surface area contributed by atoms with Gasteiger partial charge in [-0.05, 0) is 51.8 Å². The zero-order valence-electron chi connectivity index (χ0n) is 18.2. The number of carbonyl (C=O) groups excluding carboxylic acids is 2. The van der Waals surface area contributed by atoms with Gasteiger partial charge in [-0.15, -0.1) is 0 Å². The Morgan fingerprint density at radius 2 is 1.86 bits per heavy atom. The Morgan fingerprint density at radius 3 is 2.41 bits per heavy atom. The van der Waals surface area contributed by atoms with E-state index >= 15 is 0 Å². The molecule has 1 aliphatic heterocycles. The molecular weight excluding hydrogens is 368 g/mol. The topological polar surface area (TPSA) is 71.8 Å². The SMILES string of the molecule is COC(=O)c1c(C)n(CC(C)C)c2cc(C(C)=O)c(O)c(CN3CCCCC3)c12. The predicted molar refractivity (Wildman–Crippen MR) is 114 cm³/mol. The summed E-state index contributed by atoms with van der Waals surface area (Å²) in [5.74, 6) is -0.249. The van der Waals surface area contributed by atoms with Crippen LogP contribution in [-0.4, -0.2) is 46.5 Å². The maximum atomic E-state index is 12.7. The first kappa shape index (κ1) is 21.4. The van der Waals surface area contributed by atoms with E-state index in [2.05, 4.69) is 23.3 Å². The van der Waals surface area contributed by atoms with Gasteiger partial charge in [0.1, 0.15) is 5.75 Å². The van der Waals surface area contributed by atoms with Crippen LogP contribution in [0.25, 0.3) is 10.9 Å². The highest BCUT2D eigenvalue weighted by molar-refractivity contribution is 6.11. The number of phenolic OH excluding ortho intramolecular Hbond substituents is 1. The Labute approximate surface area is 172 Å². The zero-order valence-corrected chi connectivity index (χ0v) is 18.2. The maximum Gasteiger partial charge on any atom is 0.340 e. The first-order valence-electron chi connectivity index (χ1n) is 10.5. The van der Waals surface area contributed by atoms with Gasteiger partial charge in [-0.2, -0.15) is 0 Å². The van der Waals surface area contributed by atoms with E-state index in [0.717, 1.165) is 37.1 Å². The number of methoxy groups -OCH3 is 1. The number of aromatic nitrogens is 1. The lowest BCUT2D eigenvalue weighted by atomic mass is 9.97. The molecular formula is C23H32N2O4. The lowest BCUT2D eigenvalue weighted by molar-refractivity contribution is 0.0601. The molecule has 0 saturated carbocycles. The first-order valence-corrected chi connectivity index (χ1v) is 10.5. The molecule has 6 heteroatoms. The summed E-state index contributed by atoms with van der Waals surface area (Å²) in [6.45, 7) is 10.7. The Morgan fingerprint density at radius 1 is 1.21 bits per heavy atom. The van der Waals surface area contributed by atoms with Crippen molar-refractivity contribution < 1.29 is 19.4 Å². The van der Waals surface area contributed by atoms with E-state index in [1.54, 1.807) is 6.07 Å². The van der Waals surface area contributed by atoms with E-state index < -0.39 is 5.97 Å². The molecule has 0 atom stereocenters. The number of ether oxygens (including phenoxy) is 1. The van der Waals surface area contributed by atoms with Crippen molar-refractivity contribution in [2.24, 2.45) is 5.92 Å². The number of nitrogens with zero attached hydrogens (tertiary/aromatic N) is 2.